The fourth-order valence-electron chi connectivity index (χ4n) is 1.01. The Hall–Kier alpha value is -0.380. The van der Waals surface area contributed by atoms with Crippen LogP contribution in [0.25, 0.3) is 0 Å². The Balaban J connectivity index is 3.99. The summed E-state index contributed by atoms with van der Waals surface area (Å²) >= 11 is 0. The Bertz CT molecular complexity index is 166. The lowest BCUT2D eigenvalue weighted by Gasteiger charge is -2.23. The molecule has 3 heteroatoms. The largest absolute Gasteiger partial charge is 0.390 e. The van der Waals surface area contributed by atoms with E-state index in [2.05, 4.69) is 6.58 Å². The monoisotopic (exact) mass is 188 g/mol. The molecule has 0 aromatic rings. The smallest absolute Gasteiger partial charge is 0.0829 e. The molecular formula is C10H20O3. The van der Waals surface area contributed by atoms with Crippen molar-refractivity contribution in [2.75, 3.05) is 0 Å². The molecule has 3 atom stereocenters. The molecule has 0 spiro atoms. The van der Waals surface area contributed by atoms with E-state index < -0.39 is 18.3 Å². The van der Waals surface area contributed by atoms with Crippen molar-refractivity contribution in [1.29, 1.82) is 0 Å². The van der Waals surface area contributed by atoms with Crippen LogP contribution in [0.4, 0.5) is 0 Å². The van der Waals surface area contributed by atoms with Gasteiger partial charge in [-0.2, -0.15) is 0 Å². The normalized spacial score (nSPS) is 18.4. The topological polar surface area (TPSA) is 60.7 Å². The zero-order valence-electron chi connectivity index (χ0n) is 8.57. The van der Waals surface area contributed by atoms with Gasteiger partial charge in [-0.05, 0) is 12.8 Å². The van der Waals surface area contributed by atoms with Gasteiger partial charge in [0, 0.05) is 6.42 Å². The van der Waals surface area contributed by atoms with Gasteiger partial charge in [0.05, 0.1) is 18.3 Å². The fraction of sp³-hybridized carbons (Fsp3) is 0.800. The summed E-state index contributed by atoms with van der Waals surface area (Å²) in [6.45, 7) is 8.90. The molecule has 0 saturated heterocycles. The van der Waals surface area contributed by atoms with Crippen molar-refractivity contribution in [3.8, 4) is 0 Å². The molecule has 0 heterocycles. The SMILES string of the molecule is C=C(C)[C@H](O)C[C@H](O)[C@@H](O)C(C)C. The van der Waals surface area contributed by atoms with Crippen molar-refractivity contribution in [3.05, 3.63) is 12.2 Å². The van der Waals surface area contributed by atoms with E-state index in [1.165, 1.54) is 0 Å². The lowest BCUT2D eigenvalue weighted by Crippen LogP contribution is -2.34. The number of rotatable bonds is 5. The second-order valence-corrected chi connectivity index (χ2v) is 3.90. The van der Waals surface area contributed by atoms with Gasteiger partial charge in [-0.3, -0.25) is 0 Å². The average Bonchev–Trinajstić information content (AvgIpc) is 2.02. The molecule has 0 amide bonds. The van der Waals surface area contributed by atoms with Crippen LogP contribution in [0.3, 0.4) is 0 Å². The van der Waals surface area contributed by atoms with Crippen molar-refractivity contribution in [1.82, 2.24) is 0 Å². The third-order valence-electron chi connectivity index (χ3n) is 2.11. The molecule has 0 rings (SSSR count). The van der Waals surface area contributed by atoms with E-state index in [-0.39, 0.29) is 12.3 Å². The molecule has 0 saturated carbocycles. The first-order valence-electron chi connectivity index (χ1n) is 4.55. The number of hydrogen-bond donors (Lipinski definition) is 3. The Labute approximate surface area is 79.7 Å². The number of hydrogen-bond acceptors (Lipinski definition) is 3. The fourth-order valence-corrected chi connectivity index (χ4v) is 1.01. The van der Waals surface area contributed by atoms with Crippen molar-refractivity contribution in [2.24, 2.45) is 5.92 Å². The van der Waals surface area contributed by atoms with Crippen molar-refractivity contribution in [3.63, 3.8) is 0 Å². The molecule has 0 aliphatic heterocycles. The zero-order valence-corrected chi connectivity index (χ0v) is 8.57. The summed E-state index contributed by atoms with van der Waals surface area (Å²) in [5.74, 6) is -0.00711. The van der Waals surface area contributed by atoms with Crippen LogP contribution in [-0.2, 0) is 0 Å². The van der Waals surface area contributed by atoms with Crippen LogP contribution in [-0.4, -0.2) is 33.6 Å². The third kappa shape index (κ3) is 4.41. The van der Waals surface area contributed by atoms with E-state index in [4.69, 9.17) is 0 Å². The summed E-state index contributed by atoms with van der Waals surface area (Å²) in [5, 5.41) is 28.2. The van der Waals surface area contributed by atoms with E-state index in [0.29, 0.717) is 5.57 Å². The number of aliphatic hydroxyl groups is 3. The predicted octanol–water partition coefficient (Wildman–Crippen LogP) is 0.691. The van der Waals surface area contributed by atoms with E-state index in [9.17, 15) is 15.3 Å². The molecule has 0 bridgehead atoms. The lowest BCUT2D eigenvalue weighted by atomic mass is 9.96. The molecule has 3 nitrogen and oxygen atoms in total. The highest BCUT2D eigenvalue weighted by Gasteiger charge is 2.22. The number of aliphatic hydroxyl groups excluding tert-OH is 3. The maximum Gasteiger partial charge on any atom is 0.0829 e. The van der Waals surface area contributed by atoms with Gasteiger partial charge in [-0.1, -0.05) is 26.0 Å². The first-order chi connectivity index (χ1) is 5.86. The highest BCUT2D eigenvalue weighted by atomic mass is 16.3. The van der Waals surface area contributed by atoms with Crippen LogP contribution in [0.5, 0.6) is 0 Å². The van der Waals surface area contributed by atoms with E-state index in [1.807, 2.05) is 13.8 Å². The molecular weight excluding hydrogens is 168 g/mol. The molecule has 3 N–H and O–H groups in total. The summed E-state index contributed by atoms with van der Waals surface area (Å²) in [6, 6.07) is 0. The third-order valence-corrected chi connectivity index (χ3v) is 2.11. The van der Waals surface area contributed by atoms with Gasteiger partial charge in [0.2, 0.25) is 0 Å². The zero-order chi connectivity index (χ0) is 10.6. The molecule has 0 aliphatic rings. The predicted molar refractivity (Wildman–Crippen MR) is 52.3 cm³/mol. The Morgan fingerprint density at radius 1 is 1.23 bits per heavy atom. The first-order valence-corrected chi connectivity index (χ1v) is 4.55. The highest BCUT2D eigenvalue weighted by Crippen LogP contribution is 2.13. The van der Waals surface area contributed by atoms with Gasteiger partial charge in [-0.15, -0.1) is 0 Å². The first kappa shape index (κ1) is 12.6. The van der Waals surface area contributed by atoms with Gasteiger partial charge in [0.1, 0.15) is 0 Å². The second-order valence-electron chi connectivity index (χ2n) is 3.90. The minimum absolute atomic E-state index is 0.00711. The summed E-state index contributed by atoms with van der Waals surface area (Å²) in [7, 11) is 0. The van der Waals surface area contributed by atoms with Crippen molar-refractivity contribution in [2.45, 2.75) is 45.5 Å². The molecule has 0 aromatic carbocycles. The molecule has 0 fully saturated rings. The summed E-state index contributed by atoms with van der Waals surface area (Å²) in [4.78, 5) is 0. The molecule has 0 aliphatic carbocycles. The Morgan fingerprint density at radius 2 is 1.69 bits per heavy atom. The van der Waals surface area contributed by atoms with Crippen LogP contribution >= 0.6 is 0 Å². The molecule has 0 unspecified atom stereocenters. The van der Waals surface area contributed by atoms with Crippen LogP contribution < -0.4 is 0 Å². The van der Waals surface area contributed by atoms with Crippen LogP contribution in [0.1, 0.15) is 27.2 Å². The van der Waals surface area contributed by atoms with Gasteiger partial charge in [-0.25, -0.2) is 0 Å². The Morgan fingerprint density at radius 3 is 2.00 bits per heavy atom. The van der Waals surface area contributed by atoms with Gasteiger partial charge < -0.3 is 15.3 Å². The van der Waals surface area contributed by atoms with E-state index in [0.717, 1.165) is 0 Å². The molecule has 0 aromatic heterocycles. The summed E-state index contributed by atoms with van der Waals surface area (Å²) < 4.78 is 0. The van der Waals surface area contributed by atoms with Gasteiger partial charge in [0.15, 0.2) is 0 Å². The molecule has 78 valence electrons. The second kappa shape index (κ2) is 5.37. The van der Waals surface area contributed by atoms with Gasteiger partial charge >= 0.3 is 0 Å². The van der Waals surface area contributed by atoms with Crippen LogP contribution in [0.15, 0.2) is 12.2 Å². The average molecular weight is 188 g/mol. The van der Waals surface area contributed by atoms with Crippen molar-refractivity contribution >= 4 is 0 Å². The summed E-state index contributed by atoms with van der Waals surface area (Å²) in [6.07, 6.45) is -2.25. The summed E-state index contributed by atoms with van der Waals surface area (Å²) in [5.41, 5.74) is 0.606. The Kier molecular flexibility index (Phi) is 5.21. The minimum Gasteiger partial charge on any atom is -0.390 e. The quantitative estimate of drug-likeness (QED) is 0.556. The standard InChI is InChI=1S/C10H20O3/c1-6(2)8(11)5-9(12)10(13)7(3)4/h7-13H,1,5H2,2-4H3/t8-,9+,10+/m1/s1. The van der Waals surface area contributed by atoms with E-state index in [1.54, 1.807) is 6.92 Å². The van der Waals surface area contributed by atoms with E-state index >= 15 is 0 Å². The molecule has 0 radical (unpaired) electrons. The molecule has 13 heavy (non-hydrogen) atoms. The highest BCUT2D eigenvalue weighted by molar-refractivity contribution is 4.98. The van der Waals surface area contributed by atoms with Crippen LogP contribution in [0.2, 0.25) is 0 Å². The van der Waals surface area contributed by atoms with Gasteiger partial charge in [0.25, 0.3) is 0 Å². The van der Waals surface area contributed by atoms with Crippen molar-refractivity contribution < 1.29 is 15.3 Å². The minimum atomic E-state index is -0.883. The maximum atomic E-state index is 9.46. The maximum absolute atomic E-state index is 9.46. The lowest BCUT2D eigenvalue weighted by molar-refractivity contribution is -0.0281. The van der Waals surface area contributed by atoms with Crippen LogP contribution in [0, 0.1) is 5.92 Å².